The zero-order valence-corrected chi connectivity index (χ0v) is 9.12. The molecule has 4 nitrogen and oxygen atoms in total. The first-order valence-corrected chi connectivity index (χ1v) is 5.31. The highest BCUT2D eigenvalue weighted by atomic mass is 16.4. The van der Waals surface area contributed by atoms with Crippen molar-refractivity contribution in [2.75, 3.05) is 0 Å². The fourth-order valence-electron chi connectivity index (χ4n) is 1.21. The predicted octanol–water partition coefficient (Wildman–Crippen LogP) is 1.96. The Balaban J connectivity index is 3.55. The molecular formula is C11H18O4. The Hall–Kier alpha value is -1.19. The summed E-state index contributed by atoms with van der Waals surface area (Å²) in [4.78, 5) is 32.5. The van der Waals surface area contributed by atoms with Crippen LogP contribution < -0.4 is 0 Å². The maximum absolute atomic E-state index is 11.2. The average Bonchev–Trinajstić information content (AvgIpc) is 2.14. The number of unbranched alkanes of at least 4 members (excludes halogenated alkanes) is 1. The first-order valence-electron chi connectivity index (χ1n) is 5.31. The molecule has 0 aliphatic carbocycles. The summed E-state index contributed by atoms with van der Waals surface area (Å²) in [5, 5.41) is 8.35. The molecule has 0 aromatic rings. The Labute approximate surface area is 89.7 Å². The van der Waals surface area contributed by atoms with E-state index >= 15 is 0 Å². The van der Waals surface area contributed by atoms with Gasteiger partial charge in [-0.2, -0.15) is 0 Å². The quantitative estimate of drug-likeness (QED) is 0.595. The van der Waals surface area contributed by atoms with Gasteiger partial charge in [-0.15, -0.1) is 0 Å². The number of Topliss-reactive ketones (excluding diaryl/α,β-unsaturated/α-hetero) is 2. The van der Waals surface area contributed by atoms with Crippen LogP contribution in [0.3, 0.4) is 0 Å². The molecule has 15 heavy (non-hydrogen) atoms. The molecule has 0 aliphatic rings. The fourth-order valence-corrected chi connectivity index (χ4v) is 1.21. The Morgan fingerprint density at radius 2 is 1.47 bits per heavy atom. The minimum Gasteiger partial charge on any atom is -0.481 e. The van der Waals surface area contributed by atoms with Gasteiger partial charge in [-0.05, 0) is 12.8 Å². The Bertz CT molecular complexity index is 233. The van der Waals surface area contributed by atoms with Gasteiger partial charge in [0.25, 0.3) is 0 Å². The van der Waals surface area contributed by atoms with E-state index in [1.165, 1.54) is 0 Å². The van der Waals surface area contributed by atoms with Gasteiger partial charge in [-0.1, -0.05) is 13.3 Å². The molecule has 0 aliphatic heterocycles. The van der Waals surface area contributed by atoms with Crippen molar-refractivity contribution < 1.29 is 19.5 Å². The lowest BCUT2D eigenvalue weighted by atomic mass is 10.0. The molecule has 0 radical (unpaired) electrons. The molecule has 86 valence electrons. The number of carbonyl (C=O) groups is 3. The van der Waals surface area contributed by atoms with Gasteiger partial charge in [-0.3, -0.25) is 14.4 Å². The van der Waals surface area contributed by atoms with E-state index in [1.807, 2.05) is 6.92 Å². The lowest BCUT2D eigenvalue weighted by Gasteiger charge is -1.99. The van der Waals surface area contributed by atoms with Crippen LogP contribution in [-0.2, 0) is 14.4 Å². The summed E-state index contributed by atoms with van der Waals surface area (Å²) in [5.41, 5.74) is 0. The van der Waals surface area contributed by atoms with E-state index in [9.17, 15) is 14.4 Å². The van der Waals surface area contributed by atoms with Crippen molar-refractivity contribution in [1.82, 2.24) is 0 Å². The molecule has 0 amide bonds. The van der Waals surface area contributed by atoms with Gasteiger partial charge in [0.15, 0.2) is 0 Å². The SMILES string of the molecule is CCCCC(=O)CC(=O)CCCC(=O)O. The normalized spacial score (nSPS) is 9.93. The Kier molecular flexibility index (Phi) is 7.50. The number of carbonyl (C=O) groups excluding carboxylic acids is 2. The van der Waals surface area contributed by atoms with Crippen LogP contribution in [0.4, 0.5) is 0 Å². The van der Waals surface area contributed by atoms with Crippen molar-refractivity contribution in [3.05, 3.63) is 0 Å². The van der Waals surface area contributed by atoms with Gasteiger partial charge in [0.2, 0.25) is 0 Å². The monoisotopic (exact) mass is 214 g/mol. The number of rotatable bonds is 9. The lowest BCUT2D eigenvalue weighted by Crippen LogP contribution is -2.08. The Morgan fingerprint density at radius 3 is 1.93 bits per heavy atom. The molecule has 1 N–H and O–H groups in total. The highest BCUT2D eigenvalue weighted by Gasteiger charge is 2.09. The van der Waals surface area contributed by atoms with Crippen LogP contribution in [0.2, 0.25) is 0 Å². The minimum absolute atomic E-state index is 0.00507. The van der Waals surface area contributed by atoms with Crippen LogP contribution in [0, 0.1) is 0 Å². The van der Waals surface area contributed by atoms with Gasteiger partial charge in [0.05, 0.1) is 6.42 Å². The first-order chi connectivity index (χ1) is 7.06. The second kappa shape index (κ2) is 8.15. The molecule has 0 unspecified atom stereocenters. The summed E-state index contributed by atoms with van der Waals surface area (Å²) in [6, 6.07) is 0. The summed E-state index contributed by atoms with van der Waals surface area (Å²) in [6.07, 6.45) is 2.72. The van der Waals surface area contributed by atoms with Crippen LogP contribution in [0.5, 0.6) is 0 Å². The standard InChI is InChI=1S/C11H18O4/c1-2-3-5-9(12)8-10(13)6-4-7-11(14)15/h2-8H2,1H3,(H,14,15). The van der Waals surface area contributed by atoms with Crippen LogP contribution in [-0.4, -0.2) is 22.6 Å². The van der Waals surface area contributed by atoms with E-state index < -0.39 is 5.97 Å². The summed E-state index contributed by atoms with van der Waals surface area (Å²) in [7, 11) is 0. The average molecular weight is 214 g/mol. The van der Waals surface area contributed by atoms with E-state index in [2.05, 4.69) is 0 Å². The maximum Gasteiger partial charge on any atom is 0.303 e. The van der Waals surface area contributed by atoms with Crippen molar-refractivity contribution in [3.63, 3.8) is 0 Å². The third-order valence-corrected chi connectivity index (χ3v) is 2.05. The second-order valence-electron chi connectivity index (χ2n) is 3.60. The van der Waals surface area contributed by atoms with Crippen molar-refractivity contribution in [2.45, 2.75) is 51.9 Å². The molecule has 0 bridgehead atoms. The van der Waals surface area contributed by atoms with Gasteiger partial charge in [0.1, 0.15) is 11.6 Å². The lowest BCUT2D eigenvalue weighted by molar-refractivity contribution is -0.137. The fraction of sp³-hybridized carbons (Fsp3) is 0.727. The molecular weight excluding hydrogens is 196 g/mol. The number of hydrogen-bond acceptors (Lipinski definition) is 3. The first kappa shape index (κ1) is 13.8. The summed E-state index contributed by atoms with van der Waals surface area (Å²) in [5.74, 6) is -1.07. The number of carboxylic acids is 1. The van der Waals surface area contributed by atoms with Gasteiger partial charge in [-0.25, -0.2) is 0 Å². The summed E-state index contributed by atoms with van der Waals surface area (Å²) < 4.78 is 0. The van der Waals surface area contributed by atoms with Crippen molar-refractivity contribution >= 4 is 17.5 Å². The van der Waals surface area contributed by atoms with Crippen LogP contribution in [0.15, 0.2) is 0 Å². The van der Waals surface area contributed by atoms with Crippen molar-refractivity contribution in [2.24, 2.45) is 0 Å². The molecule has 0 saturated carbocycles. The number of hydrogen-bond donors (Lipinski definition) is 1. The predicted molar refractivity (Wildman–Crippen MR) is 55.6 cm³/mol. The zero-order valence-electron chi connectivity index (χ0n) is 9.12. The minimum atomic E-state index is -0.903. The highest BCUT2D eigenvalue weighted by Crippen LogP contribution is 2.04. The molecule has 0 fully saturated rings. The van der Waals surface area contributed by atoms with Gasteiger partial charge < -0.3 is 5.11 Å². The van der Waals surface area contributed by atoms with E-state index in [4.69, 9.17) is 5.11 Å². The number of aliphatic carboxylic acids is 1. The highest BCUT2D eigenvalue weighted by molar-refractivity contribution is 5.99. The van der Waals surface area contributed by atoms with E-state index in [0.717, 1.165) is 12.8 Å². The molecule has 0 atom stereocenters. The van der Waals surface area contributed by atoms with Crippen molar-refractivity contribution in [1.29, 1.82) is 0 Å². The van der Waals surface area contributed by atoms with Gasteiger partial charge in [0, 0.05) is 19.3 Å². The zero-order chi connectivity index (χ0) is 11.7. The third-order valence-electron chi connectivity index (χ3n) is 2.05. The molecule has 0 aromatic heterocycles. The van der Waals surface area contributed by atoms with Crippen LogP contribution in [0.1, 0.15) is 51.9 Å². The van der Waals surface area contributed by atoms with E-state index in [-0.39, 0.29) is 30.8 Å². The summed E-state index contributed by atoms with van der Waals surface area (Å²) in [6.45, 7) is 1.99. The van der Waals surface area contributed by atoms with Crippen molar-refractivity contribution in [3.8, 4) is 0 Å². The van der Waals surface area contributed by atoms with Gasteiger partial charge >= 0.3 is 5.97 Å². The van der Waals surface area contributed by atoms with Crippen LogP contribution >= 0.6 is 0 Å². The topological polar surface area (TPSA) is 71.4 Å². The van der Waals surface area contributed by atoms with E-state index in [0.29, 0.717) is 12.8 Å². The Morgan fingerprint density at radius 1 is 0.933 bits per heavy atom. The van der Waals surface area contributed by atoms with E-state index in [1.54, 1.807) is 0 Å². The molecule has 0 heterocycles. The van der Waals surface area contributed by atoms with Crippen LogP contribution in [0.25, 0.3) is 0 Å². The molecule has 0 saturated heterocycles. The summed E-state index contributed by atoms with van der Waals surface area (Å²) >= 11 is 0. The third kappa shape index (κ3) is 9.12. The molecule has 4 heteroatoms. The number of carboxylic acid groups (broad SMARTS) is 1. The molecule has 0 rings (SSSR count). The second-order valence-corrected chi connectivity index (χ2v) is 3.60. The molecule has 0 aromatic carbocycles. The molecule has 0 spiro atoms. The number of ketones is 2. The largest absolute Gasteiger partial charge is 0.481 e. The maximum atomic E-state index is 11.2. The smallest absolute Gasteiger partial charge is 0.303 e.